The van der Waals surface area contributed by atoms with Gasteiger partial charge in [0.25, 0.3) is 5.56 Å². The first-order chi connectivity index (χ1) is 14.2. The van der Waals surface area contributed by atoms with Crippen molar-refractivity contribution < 1.29 is 4.42 Å². The Labute approximate surface area is 170 Å². The number of hydrogen-bond acceptors (Lipinski definition) is 6. The summed E-state index contributed by atoms with van der Waals surface area (Å²) in [5.41, 5.74) is 2.97. The summed E-state index contributed by atoms with van der Waals surface area (Å²) in [7, 11) is 0. The van der Waals surface area contributed by atoms with Gasteiger partial charge in [0, 0.05) is 6.20 Å². The molecule has 7 heteroatoms. The van der Waals surface area contributed by atoms with E-state index in [0.29, 0.717) is 33.5 Å². The van der Waals surface area contributed by atoms with Gasteiger partial charge in [-0.1, -0.05) is 42.1 Å². The zero-order valence-corrected chi connectivity index (χ0v) is 16.4. The van der Waals surface area contributed by atoms with E-state index in [1.54, 1.807) is 16.8 Å². The summed E-state index contributed by atoms with van der Waals surface area (Å²) in [5, 5.41) is 1.11. The third-order valence-electron chi connectivity index (χ3n) is 4.60. The van der Waals surface area contributed by atoms with E-state index in [0.717, 1.165) is 16.7 Å². The molecule has 2 aromatic carbocycles. The predicted octanol–water partition coefficient (Wildman–Crippen LogP) is 4.52. The van der Waals surface area contributed by atoms with Gasteiger partial charge in [-0.25, -0.2) is 19.5 Å². The lowest BCUT2D eigenvalue weighted by molar-refractivity contribution is 0.555. The summed E-state index contributed by atoms with van der Waals surface area (Å²) in [5.74, 6) is 1.62. The van der Waals surface area contributed by atoms with Gasteiger partial charge in [0.1, 0.15) is 11.3 Å². The molecule has 0 atom stereocenters. The molecule has 29 heavy (non-hydrogen) atoms. The fraction of sp³-hybridized carbons (Fsp3) is 0.0909. The molecule has 0 saturated carbocycles. The topological polar surface area (TPSA) is 73.8 Å². The molecule has 3 aromatic heterocycles. The van der Waals surface area contributed by atoms with E-state index in [2.05, 4.69) is 9.97 Å². The Balaban J connectivity index is 1.62. The average Bonchev–Trinajstić information content (AvgIpc) is 3.16. The molecule has 0 aliphatic rings. The minimum atomic E-state index is -0.141. The number of nitrogens with zero attached hydrogens (tertiary/aromatic N) is 4. The first-order valence-electron chi connectivity index (χ1n) is 9.12. The minimum Gasteiger partial charge on any atom is -0.440 e. The van der Waals surface area contributed by atoms with Crippen molar-refractivity contribution in [2.45, 2.75) is 17.8 Å². The van der Waals surface area contributed by atoms with E-state index in [4.69, 9.17) is 9.40 Å². The van der Waals surface area contributed by atoms with Crippen molar-refractivity contribution in [3.8, 4) is 5.82 Å². The van der Waals surface area contributed by atoms with Crippen LogP contribution in [0.1, 0.15) is 11.5 Å². The van der Waals surface area contributed by atoms with Crippen LogP contribution in [0.25, 0.3) is 27.8 Å². The lowest BCUT2D eigenvalue weighted by Gasteiger charge is -2.13. The number of rotatable bonds is 4. The Hall–Kier alpha value is -3.45. The van der Waals surface area contributed by atoms with Crippen molar-refractivity contribution in [3.63, 3.8) is 0 Å². The van der Waals surface area contributed by atoms with Crippen LogP contribution in [-0.2, 0) is 5.75 Å². The van der Waals surface area contributed by atoms with Gasteiger partial charge >= 0.3 is 0 Å². The van der Waals surface area contributed by atoms with Gasteiger partial charge in [-0.05, 0) is 42.8 Å². The fourth-order valence-electron chi connectivity index (χ4n) is 3.22. The highest BCUT2D eigenvalue weighted by molar-refractivity contribution is 7.98. The fourth-order valence-corrected chi connectivity index (χ4v) is 4.05. The molecule has 3 heterocycles. The maximum absolute atomic E-state index is 13.3. The highest BCUT2D eigenvalue weighted by Gasteiger charge is 2.17. The average molecular weight is 400 g/mol. The lowest BCUT2D eigenvalue weighted by Crippen LogP contribution is -2.23. The highest BCUT2D eigenvalue weighted by Crippen LogP contribution is 2.26. The second-order valence-corrected chi connectivity index (χ2v) is 7.50. The summed E-state index contributed by atoms with van der Waals surface area (Å²) in [6, 6.07) is 18.8. The maximum atomic E-state index is 13.3. The van der Waals surface area contributed by atoms with Crippen LogP contribution in [0.3, 0.4) is 0 Å². The van der Waals surface area contributed by atoms with Crippen LogP contribution >= 0.6 is 11.8 Å². The van der Waals surface area contributed by atoms with Crippen LogP contribution in [0, 0.1) is 6.92 Å². The number of benzene rings is 2. The van der Waals surface area contributed by atoms with Gasteiger partial charge < -0.3 is 4.42 Å². The van der Waals surface area contributed by atoms with Crippen LogP contribution in [0.4, 0.5) is 0 Å². The summed E-state index contributed by atoms with van der Waals surface area (Å²) >= 11 is 1.40. The molecule has 142 valence electrons. The molecule has 5 aromatic rings. The number of para-hydroxylation sites is 3. The Morgan fingerprint density at radius 2 is 1.76 bits per heavy atom. The quantitative estimate of drug-likeness (QED) is 0.326. The molecule has 0 amide bonds. The number of pyridine rings is 1. The number of oxazole rings is 1. The van der Waals surface area contributed by atoms with Crippen molar-refractivity contribution >= 4 is 33.8 Å². The lowest BCUT2D eigenvalue weighted by atomic mass is 10.2. The van der Waals surface area contributed by atoms with E-state index in [1.165, 1.54) is 11.8 Å². The molecule has 0 spiro atoms. The van der Waals surface area contributed by atoms with Crippen LogP contribution in [0.15, 0.2) is 81.2 Å². The maximum Gasteiger partial charge on any atom is 0.267 e. The van der Waals surface area contributed by atoms with Crippen molar-refractivity contribution in [3.05, 3.63) is 88.7 Å². The third kappa shape index (κ3) is 3.19. The molecular weight excluding hydrogens is 384 g/mol. The third-order valence-corrected chi connectivity index (χ3v) is 5.52. The van der Waals surface area contributed by atoms with Crippen LogP contribution < -0.4 is 5.56 Å². The SMILES string of the molecule is Cc1cccnc1-n1c(SCc2nc3ccccc3o2)nc2ccccc2c1=O. The number of thioether (sulfide) groups is 1. The predicted molar refractivity (Wildman–Crippen MR) is 113 cm³/mol. The van der Waals surface area contributed by atoms with E-state index in [9.17, 15) is 4.79 Å². The second kappa shape index (κ2) is 7.18. The normalized spacial score (nSPS) is 11.3. The van der Waals surface area contributed by atoms with Crippen molar-refractivity contribution in [1.29, 1.82) is 0 Å². The van der Waals surface area contributed by atoms with Gasteiger partial charge in [-0.3, -0.25) is 4.79 Å². The summed E-state index contributed by atoms with van der Waals surface area (Å²) in [6.07, 6.45) is 1.68. The zero-order chi connectivity index (χ0) is 19.8. The van der Waals surface area contributed by atoms with Crippen LogP contribution in [0.5, 0.6) is 0 Å². The Morgan fingerprint density at radius 3 is 2.59 bits per heavy atom. The van der Waals surface area contributed by atoms with Gasteiger partial charge in [-0.15, -0.1) is 0 Å². The molecule has 0 N–H and O–H groups in total. The molecule has 5 rings (SSSR count). The molecule has 0 unspecified atom stereocenters. The smallest absolute Gasteiger partial charge is 0.267 e. The van der Waals surface area contributed by atoms with Gasteiger partial charge in [0.2, 0.25) is 5.89 Å². The van der Waals surface area contributed by atoms with Crippen molar-refractivity contribution in [1.82, 2.24) is 19.5 Å². The largest absolute Gasteiger partial charge is 0.440 e. The molecule has 6 nitrogen and oxygen atoms in total. The van der Waals surface area contributed by atoms with Crippen molar-refractivity contribution in [2.75, 3.05) is 0 Å². The zero-order valence-electron chi connectivity index (χ0n) is 15.6. The number of aromatic nitrogens is 4. The van der Waals surface area contributed by atoms with Gasteiger partial charge in [0.15, 0.2) is 10.7 Å². The molecular formula is C22H16N4O2S. The van der Waals surface area contributed by atoms with Crippen molar-refractivity contribution in [2.24, 2.45) is 0 Å². The van der Waals surface area contributed by atoms with E-state index < -0.39 is 0 Å². The first kappa shape index (κ1) is 17.6. The van der Waals surface area contributed by atoms with E-state index in [-0.39, 0.29) is 5.56 Å². The van der Waals surface area contributed by atoms with Crippen LogP contribution in [-0.4, -0.2) is 19.5 Å². The van der Waals surface area contributed by atoms with Gasteiger partial charge in [0.05, 0.1) is 16.7 Å². The Morgan fingerprint density at radius 1 is 0.966 bits per heavy atom. The van der Waals surface area contributed by atoms with Crippen LogP contribution in [0.2, 0.25) is 0 Å². The molecule has 0 bridgehead atoms. The summed E-state index contributed by atoms with van der Waals surface area (Å²) in [4.78, 5) is 27.0. The van der Waals surface area contributed by atoms with E-state index in [1.807, 2.05) is 61.5 Å². The Kier molecular flexibility index (Phi) is 4.37. The molecule has 0 aliphatic carbocycles. The standard InChI is InChI=1S/C22H16N4O2S/c1-14-7-6-12-23-20(14)26-21(27)15-8-2-3-9-16(15)25-22(26)29-13-19-24-17-10-4-5-11-18(17)28-19/h2-12H,13H2,1H3. The molecule has 0 saturated heterocycles. The number of hydrogen-bond donors (Lipinski definition) is 0. The number of aryl methyl sites for hydroxylation is 1. The van der Waals surface area contributed by atoms with Gasteiger partial charge in [-0.2, -0.15) is 0 Å². The highest BCUT2D eigenvalue weighted by atomic mass is 32.2. The second-order valence-electron chi connectivity index (χ2n) is 6.56. The number of fused-ring (bicyclic) bond motifs is 2. The Bertz CT molecular complexity index is 1370. The first-order valence-corrected chi connectivity index (χ1v) is 10.1. The summed E-state index contributed by atoms with van der Waals surface area (Å²) < 4.78 is 7.39. The minimum absolute atomic E-state index is 0.141. The molecule has 0 aliphatic heterocycles. The van der Waals surface area contributed by atoms with E-state index >= 15 is 0 Å². The molecule has 0 radical (unpaired) electrons. The monoisotopic (exact) mass is 400 g/mol. The molecule has 0 fully saturated rings. The summed E-state index contributed by atoms with van der Waals surface area (Å²) in [6.45, 7) is 1.93.